The van der Waals surface area contributed by atoms with Gasteiger partial charge in [-0.05, 0) is 30.2 Å². The molecule has 1 aliphatic heterocycles. The van der Waals surface area contributed by atoms with Crippen LogP contribution < -0.4 is 9.47 Å². The lowest BCUT2D eigenvalue weighted by Gasteiger charge is -2.21. The maximum absolute atomic E-state index is 10.8. The normalized spacial score (nSPS) is 13.3. The number of ether oxygens (including phenoxy) is 2. The van der Waals surface area contributed by atoms with Crippen molar-refractivity contribution in [1.29, 1.82) is 0 Å². The van der Waals surface area contributed by atoms with Crippen molar-refractivity contribution in [3.8, 4) is 11.5 Å². The lowest BCUT2D eigenvalue weighted by atomic mass is 10.1. The van der Waals surface area contributed by atoms with Crippen LogP contribution in [0.5, 0.6) is 11.5 Å². The van der Waals surface area contributed by atoms with E-state index in [0.717, 1.165) is 16.9 Å². The molecule has 0 aromatic heterocycles. The van der Waals surface area contributed by atoms with Gasteiger partial charge >= 0.3 is 6.09 Å². The molecule has 0 unspecified atom stereocenters. The van der Waals surface area contributed by atoms with Gasteiger partial charge in [0.15, 0.2) is 11.5 Å². The van der Waals surface area contributed by atoms with E-state index in [9.17, 15) is 4.79 Å². The van der Waals surface area contributed by atoms with Crippen LogP contribution in [0.1, 0.15) is 11.1 Å². The summed E-state index contributed by atoms with van der Waals surface area (Å²) in [5.74, 6) is 1.42. The van der Waals surface area contributed by atoms with E-state index in [1.807, 2.05) is 19.1 Å². The molecule has 2 rings (SSSR count). The number of rotatable bonds is 2. The molecule has 0 saturated carbocycles. The molecule has 1 amide bonds. The average molecular weight is 237 g/mol. The summed E-state index contributed by atoms with van der Waals surface area (Å²) in [5, 5.41) is 8.84. The Labute approximate surface area is 99.6 Å². The average Bonchev–Trinajstić information content (AvgIpc) is 2.29. The van der Waals surface area contributed by atoms with Crippen LogP contribution >= 0.6 is 0 Å². The van der Waals surface area contributed by atoms with Gasteiger partial charge in [0.2, 0.25) is 0 Å². The van der Waals surface area contributed by atoms with Gasteiger partial charge in [-0.25, -0.2) is 4.79 Å². The molecule has 0 fully saturated rings. The number of hydrogen-bond donors (Lipinski definition) is 1. The van der Waals surface area contributed by atoms with E-state index in [-0.39, 0.29) is 0 Å². The number of fused-ring (bicyclic) bond motifs is 1. The zero-order chi connectivity index (χ0) is 12.4. The molecule has 0 spiro atoms. The molecule has 17 heavy (non-hydrogen) atoms. The SMILES string of the molecule is Cc1cc2c(cc1CN(C)C(=O)O)OCCO2. The van der Waals surface area contributed by atoms with Crippen molar-refractivity contribution in [2.75, 3.05) is 20.3 Å². The molecular weight excluding hydrogens is 222 g/mol. The summed E-state index contributed by atoms with van der Waals surface area (Å²) in [6.07, 6.45) is -0.945. The Kier molecular flexibility index (Phi) is 3.08. The van der Waals surface area contributed by atoms with Crippen LogP contribution in [0.2, 0.25) is 0 Å². The topological polar surface area (TPSA) is 59.0 Å². The fraction of sp³-hybridized carbons (Fsp3) is 0.417. The summed E-state index contributed by atoms with van der Waals surface area (Å²) < 4.78 is 10.9. The van der Waals surface area contributed by atoms with E-state index >= 15 is 0 Å². The lowest BCUT2D eigenvalue weighted by Crippen LogP contribution is -2.24. The number of nitrogens with zero attached hydrogens (tertiary/aromatic N) is 1. The first-order chi connectivity index (χ1) is 8.08. The first-order valence-corrected chi connectivity index (χ1v) is 5.41. The molecule has 0 aliphatic carbocycles. The first kappa shape index (κ1) is 11.6. The maximum Gasteiger partial charge on any atom is 0.407 e. The Morgan fingerprint density at radius 1 is 1.35 bits per heavy atom. The highest BCUT2D eigenvalue weighted by atomic mass is 16.6. The van der Waals surface area contributed by atoms with Crippen molar-refractivity contribution >= 4 is 6.09 Å². The minimum atomic E-state index is -0.945. The Bertz CT molecular complexity index is 444. The molecule has 1 aromatic rings. The monoisotopic (exact) mass is 237 g/mol. The summed E-state index contributed by atoms with van der Waals surface area (Å²) in [6.45, 7) is 3.37. The molecule has 1 aliphatic rings. The predicted molar refractivity (Wildman–Crippen MR) is 61.7 cm³/mol. The van der Waals surface area contributed by atoms with Gasteiger partial charge in [-0.1, -0.05) is 0 Å². The van der Waals surface area contributed by atoms with E-state index in [1.54, 1.807) is 7.05 Å². The number of carboxylic acid groups (broad SMARTS) is 1. The highest BCUT2D eigenvalue weighted by Crippen LogP contribution is 2.33. The molecule has 0 radical (unpaired) electrons. The molecular formula is C12H15NO4. The largest absolute Gasteiger partial charge is 0.486 e. The van der Waals surface area contributed by atoms with Crippen molar-refractivity contribution in [3.63, 3.8) is 0 Å². The van der Waals surface area contributed by atoms with Crippen LogP contribution in [0.4, 0.5) is 4.79 Å². The number of carbonyl (C=O) groups is 1. The number of amides is 1. The van der Waals surface area contributed by atoms with E-state index < -0.39 is 6.09 Å². The minimum absolute atomic E-state index is 0.345. The van der Waals surface area contributed by atoms with Crippen LogP contribution in [0.25, 0.3) is 0 Å². The van der Waals surface area contributed by atoms with Gasteiger partial charge < -0.3 is 19.5 Å². The van der Waals surface area contributed by atoms with E-state index in [0.29, 0.717) is 25.5 Å². The zero-order valence-electron chi connectivity index (χ0n) is 9.90. The Hall–Kier alpha value is -1.91. The highest BCUT2D eigenvalue weighted by Gasteiger charge is 2.16. The molecule has 0 bridgehead atoms. The maximum atomic E-state index is 10.8. The summed E-state index contributed by atoms with van der Waals surface area (Å²) in [4.78, 5) is 12.0. The smallest absolute Gasteiger partial charge is 0.407 e. The Balaban J connectivity index is 2.25. The number of benzene rings is 1. The molecule has 1 heterocycles. The Morgan fingerprint density at radius 2 is 1.94 bits per heavy atom. The summed E-state index contributed by atoms with van der Waals surface area (Å²) in [5.41, 5.74) is 1.93. The second-order valence-corrected chi connectivity index (χ2v) is 4.06. The highest BCUT2D eigenvalue weighted by molar-refractivity contribution is 5.64. The third-order valence-corrected chi connectivity index (χ3v) is 2.73. The first-order valence-electron chi connectivity index (χ1n) is 5.41. The van der Waals surface area contributed by atoms with Crippen molar-refractivity contribution in [3.05, 3.63) is 23.3 Å². The van der Waals surface area contributed by atoms with Crippen LogP contribution in [0.3, 0.4) is 0 Å². The summed E-state index contributed by atoms with van der Waals surface area (Å²) in [6, 6.07) is 3.74. The number of hydrogen-bond acceptors (Lipinski definition) is 3. The molecule has 1 N–H and O–H groups in total. The van der Waals surface area contributed by atoms with Crippen molar-refractivity contribution < 1.29 is 19.4 Å². The third kappa shape index (κ3) is 2.43. The standard InChI is InChI=1S/C12H15NO4/c1-8-5-10-11(17-4-3-16-10)6-9(8)7-13(2)12(14)15/h5-6H,3-4,7H2,1-2H3,(H,14,15). The van der Waals surface area contributed by atoms with Gasteiger partial charge in [0.1, 0.15) is 13.2 Å². The van der Waals surface area contributed by atoms with Crippen molar-refractivity contribution in [2.45, 2.75) is 13.5 Å². The van der Waals surface area contributed by atoms with Crippen LogP contribution in [-0.2, 0) is 6.54 Å². The zero-order valence-corrected chi connectivity index (χ0v) is 9.90. The van der Waals surface area contributed by atoms with Crippen LogP contribution in [0, 0.1) is 6.92 Å². The molecule has 5 heteroatoms. The third-order valence-electron chi connectivity index (χ3n) is 2.73. The lowest BCUT2D eigenvalue weighted by molar-refractivity contribution is 0.153. The summed E-state index contributed by atoms with van der Waals surface area (Å²) in [7, 11) is 1.54. The van der Waals surface area contributed by atoms with Crippen molar-refractivity contribution in [1.82, 2.24) is 4.90 Å². The summed E-state index contributed by atoms with van der Waals surface area (Å²) >= 11 is 0. The molecule has 0 atom stereocenters. The fourth-order valence-electron chi connectivity index (χ4n) is 1.73. The van der Waals surface area contributed by atoms with Gasteiger partial charge in [0.25, 0.3) is 0 Å². The fourth-order valence-corrected chi connectivity index (χ4v) is 1.73. The van der Waals surface area contributed by atoms with Gasteiger partial charge in [-0.3, -0.25) is 0 Å². The van der Waals surface area contributed by atoms with Gasteiger partial charge in [-0.2, -0.15) is 0 Å². The number of aryl methyl sites for hydroxylation is 1. The molecule has 1 aromatic carbocycles. The second-order valence-electron chi connectivity index (χ2n) is 4.06. The van der Waals surface area contributed by atoms with E-state index in [2.05, 4.69) is 0 Å². The van der Waals surface area contributed by atoms with Crippen LogP contribution in [0.15, 0.2) is 12.1 Å². The molecule has 5 nitrogen and oxygen atoms in total. The second kappa shape index (κ2) is 4.53. The quantitative estimate of drug-likeness (QED) is 0.853. The van der Waals surface area contributed by atoms with Gasteiger partial charge in [0, 0.05) is 13.6 Å². The van der Waals surface area contributed by atoms with Crippen molar-refractivity contribution in [2.24, 2.45) is 0 Å². The van der Waals surface area contributed by atoms with Gasteiger partial charge in [0.05, 0.1) is 0 Å². The van der Waals surface area contributed by atoms with Crippen LogP contribution in [-0.4, -0.2) is 36.4 Å². The molecule has 0 saturated heterocycles. The van der Waals surface area contributed by atoms with E-state index in [1.165, 1.54) is 4.90 Å². The van der Waals surface area contributed by atoms with E-state index in [4.69, 9.17) is 14.6 Å². The minimum Gasteiger partial charge on any atom is -0.486 e. The van der Waals surface area contributed by atoms with Gasteiger partial charge in [-0.15, -0.1) is 0 Å². The predicted octanol–water partition coefficient (Wildman–Crippen LogP) is 1.88. The molecule has 92 valence electrons. The Morgan fingerprint density at radius 3 is 2.53 bits per heavy atom.